The molecule has 0 saturated heterocycles. The van der Waals surface area contributed by atoms with E-state index in [2.05, 4.69) is 32.4 Å². The molecule has 0 unspecified atom stereocenters. The van der Waals surface area contributed by atoms with Gasteiger partial charge in [-0.3, -0.25) is 4.72 Å². The molecular weight excluding hydrogens is 564 g/mol. The predicted molar refractivity (Wildman–Crippen MR) is 169 cm³/mol. The van der Waals surface area contributed by atoms with Crippen molar-refractivity contribution >= 4 is 32.7 Å². The minimum atomic E-state index is -3.97. The van der Waals surface area contributed by atoms with Crippen molar-refractivity contribution in [2.24, 2.45) is 0 Å². The van der Waals surface area contributed by atoms with Crippen molar-refractivity contribution in [2.75, 3.05) is 30.3 Å². The van der Waals surface area contributed by atoms with Crippen LogP contribution in [0.4, 0.5) is 11.6 Å². The van der Waals surface area contributed by atoms with E-state index < -0.39 is 10.0 Å². The van der Waals surface area contributed by atoms with Gasteiger partial charge in [-0.25, -0.2) is 18.4 Å². The number of hydrogen-bond donors (Lipinski definition) is 1. The molecule has 0 bridgehead atoms. The van der Waals surface area contributed by atoms with Crippen molar-refractivity contribution < 1.29 is 17.7 Å². The van der Waals surface area contributed by atoms with Crippen LogP contribution in [0.5, 0.6) is 0 Å². The van der Waals surface area contributed by atoms with Gasteiger partial charge in [0.1, 0.15) is 17.1 Å². The second-order valence-corrected chi connectivity index (χ2v) is 12.4. The Morgan fingerprint density at radius 2 is 1.84 bits per heavy atom. The zero-order chi connectivity index (χ0) is 30.7. The highest BCUT2D eigenvalue weighted by Gasteiger charge is 2.24. The smallest absolute Gasteiger partial charge is 0.263 e. The van der Waals surface area contributed by atoms with E-state index in [0.717, 1.165) is 52.2 Å². The summed E-state index contributed by atoms with van der Waals surface area (Å²) < 4.78 is 43.1. The molecule has 1 N–H and O–H groups in total. The lowest BCUT2D eigenvalue weighted by Crippen LogP contribution is -2.15. The molecule has 226 valence electrons. The van der Waals surface area contributed by atoms with E-state index in [9.17, 15) is 8.42 Å². The van der Waals surface area contributed by atoms with E-state index in [-0.39, 0.29) is 10.7 Å². The van der Waals surface area contributed by atoms with E-state index in [1.54, 1.807) is 26.0 Å². The third-order valence-corrected chi connectivity index (χ3v) is 8.85. The lowest BCUT2D eigenvalue weighted by molar-refractivity contribution is 0.134. The summed E-state index contributed by atoms with van der Waals surface area (Å²) in [6.45, 7) is 9.07. The third-order valence-electron chi connectivity index (χ3n) is 7.45. The number of aromatic nitrogens is 4. The summed E-state index contributed by atoms with van der Waals surface area (Å²) >= 11 is 0. The first-order chi connectivity index (χ1) is 20.6. The van der Waals surface area contributed by atoms with Crippen molar-refractivity contribution in [1.29, 1.82) is 0 Å². The minimum Gasteiger partial charge on any atom is -0.377 e. The maximum Gasteiger partial charge on any atom is 0.263 e. The molecule has 43 heavy (non-hydrogen) atoms. The van der Waals surface area contributed by atoms with Gasteiger partial charge in [-0.15, -0.1) is 0 Å². The zero-order valence-corrected chi connectivity index (χ0v) is 26.3. The number of anilines is 2. The summed E-state index contributed by atoms with van der Waals surface area (Å²) in [4.78, 5) is 11.7. The first kappa shape index (κ1) is 30.2. The Morgan fingerprint density at radius 3 is 2.53 bits per heavy atom. The van der Waals surface area contributed by atoms with Gasteiger partial charge in [-0.1, -0.05) is 48.5 Å². The molecule has 0 atom stereocenters. The van der Waals surface area contributed by atoms with Gasteiger partial charge in [0, 0.05) is 51.0 Å². The Morgan fingerprint density at radius 1 is 1.05 bits per heavy atom. The van der Waals surface area contributed by atoms with Crippen LogP contribution < -0.4 is 9.62 Å². The number of pyridine rings is 1. The summed E-state index contributed by atoms with van der Waals surface area (Å²) in [6, 6.07) is 15.1. The van der Waals surface area contributed by atoms with Crippen LogP contribution >= 0.6 is 0 Å². The summed E-state index contributed by atoms with van der Waals surface area (Å²) in [5, 5.41) is 3.89. The number of nitrogens with zero attached hydrogens (tertiary/aromatic N) is 5. The number of nitrogens with one attached hydrogen (secondary N) is 1. The molecule has 0 saturated carbocycles. The first-order valence-electron chi connectivity index (χ1n) is 14.4. The topological polar surface area (TPSA) is 115 Å². The maximum atomic E-state index is 13.6. The molecule has 0 aliphatic rings. The summed E-state index contributed by atoms with van der Waals surface area (Å²) in [5.41, 5.74) is 5.87. The van der Waals surface area contributed by atoms with Crippen LogP contribution in [0.3, 0.4) is 0 Å². The van der Waals surface area contributed by atoms with E-state index in [1.807, 2.05) is 62.4 Å². The first-order valence-corrected chi connectivity index (χ1v) is 15.9. The van der Waals surface area contributed by atoms with Crippen molar-refractivity contribution in [3.8, 4) is 11.1 Å². The number of rotatable bonds is 12. The van der Waals surface area contributed by atoms with Gasteiger partial charge in [0.2, 0.25) is 0 Å². The average Bonchev–Trinajstić information content (AvgIpc) is 3.50. The highest BCUT2D eigenvalue weighted by Crippen LogP contribution is 2.33. The van der Waals surface area contributed by atoms with Gasteiger partial charge < -0.3 is 18.7 Å². The largest absolute Gasteiger partial charge is 0.377 e. The minimum absolute atomic E-state index is 0.148. The van der Waals surface area contributed by atoms with E-state index in [1.165, 1.54) is 0 Å². The van der Waals surface area contributed by atoms with Gasteiger partial charge in [0.05, 0.1) is 17.0 Å². The SMILES string of the molecule is CCCc1nc2c(N(C)C)nccc2n1Cc1ccc(-c2ccccc2S(=O)(=O)Nc2noc(C)c2C)c(COCC)c1. The van der Waals surface area contributed by atoms with E-state index in [4.69, 9.17) is 14.2 Å². The molecule has 0 aliphatic heterocycles. The Balaban J connectivity index is 1.57. The quantitative estimate of drug-likeness (QED) is 0.182. The Hall–Kier alpha value is -4.22. The Bertz CT molecular complexity index is 1860. The number of hydrogen-bond acceptors (Lipinski definition) is 8. The van der Waals surface area contributed by atoms with Crippen LogP contribution in [0.25, 0.3) is 22.2 Å². The summed E-state index contributed by atoms with van der Waals surface area (Å²) in [5.74, 6) is 2.58. The summed E-state index contributed by atoms with van der Waals surface area (Å²) in [7, 11) is -0.0273. The van der Waals surface area contributed by atoms with Crippen molar-refractivity contribution in [3.63, 3.8) is 0 Å². The van der Waals surface area contributed by atoms with Gasteiger partial charge in [-0.05, 0) is 56.0 Å². The second-order valence-electron chi connectivity index (χ2n) is 10.7. The monoisotopic (exact) mass is 602 g/mol. The van der Waals surface area contributed by atoms with Gasteiger partial charge in [0.15, 0.2) is 11.6 Å². The molecule has 0 aliphatic carbocycles. The summed E-state index contributed by atoms with van der Waals surface area (Å²) in [6.07, 6.45) is 3.63. The molecule has 3 aromatic heterocycles. The van der Waals surface area contributed by atoms with Crippen LogP contribution in [-0.4, -0.2) is 48.8 Å². The van der Waals surface area contributed by atoms with Gasteiger partial charge >= 0.3 is 0 Å². The highest BCUT2D eigenvalue weighted by molar-refractivity contribution is 7.92. The van der Waals surface area contributed by atoms with E-state index >= 15 is 0 Å². The van der Waals surface area contributed by atoms with Crippen LogP contribution in [0.2, 0.25) is 0 Å². The molecule has 2 aromatic carbocycles. The fourth-order valence-corrected chi connectivity index (χ4v) is 6.43. The Labute approximate surface area is 252 Å². The molecule has 0 radical (unpaired) electrons. The normalized spacial score (nSPS) is 11.8. The van der Waals surface area contributed by atoms with Gasteiger partial charge in [0.25, 0.3) is 10.0 Å². The molecular formula is C32H38N6O4S. The maximum absolute atomic E-state index is 13.6. The molecule has 10 nitrogen and oxygen atoms in total. The number of sulfonamides is 1. The molecule has 3 heterocycles. The van der Waals surface area contributed by atoms with Gasteiger partial charge in [-0.2, -0.15) is 0 Å². The zero-order valence-electron chi connectivity index (χ0n) is 25.5. The standard InChI is InChI=1S/C32H38N6O4S/c1-7-11-29-34-30-27(16-17-33-32(30)37(5)6)38(29)19-23-14-15-25(24(18-23)20-41-8-2)26-12-9-10-13-28(26)43(39,40)36-31-21(3)22(4)42-35-31/h9-10,12-18H,7-8,11,19-20H2,1-6H3,(H,35,36). The number of fused-ring (bicyclic) bond motifs is 1. The molecule has 11 heteroatoms. The van der Waals surface area contributed by atoms with Crippen LogP contribution in [-0.2, 0) is 34.3 Å². The second kappa shape index (κ2) is 12.6. The van der Waals surface area contributed by atoms with Crippen molar-refractivity contribution in [3.05, 3.63) is 83.0 Å². The van der Waals surface area contributed by atoms with Crippen molar-refractivity contribution in [2.45, 2.75) is 58.6 Å². The molecule has 0 amide bonds. The highest BCUT2D eigenvalue weighted by atomic mass is 32.2. The fraction of sp³-hybridized carbons (Fsp3) is 0.344. The third kappa shape index (κ3) is 6.14. The number of benzene rings is 2. The molecule has 0 spiro atoms. The Kier molecular flexibility index (Phi) is 8.84. The van der Waals surface area contributed by atoms with Crippen LogP contribution in [0.15, 0.2) is 64.1 Å². The van der Waals surface area contributed by atoms with Crippen LogP contribution in [0, 0.1) is 13.8 Å². The lowest BCUT2D eigenvalue weighted by atomic mass is 9.97. The van der Waals surface area contributed by atoms with Crippen LogP contribution in [0.1, 0.15) is 48.5 Å². The predicted octanol–water partition coefficient (Wildman–Crippen LogP) is 6.11. The number of imidazole rings is 1. The average molecular weight is 603 g/mol. The molecule has 5 rings (SSSR count). The molecule has 0 fully saturated rings. The van der Waals surface area contributed by atoms with E-state index in [0.29, 0.717) is 36.6 Å². The fourth-order valence-electron chi connectivity index (χ4n) is 5.15. The number of ether oxygens (including phenoxy) is 1. The molecule has 5 aromatic rings. The lowest BCUT2D eigenvalue weighted by Gasteiger charge is -2.17. The number of aryl methyl sites for hydroxylation is 2. The van der Waals surface area contributed by atoms with Crippen molar-refractivity contribution in [1.82, 2.24) is 19.7 Å².